The number of nitrogens with zero attached hydrogens (tertiary/aromatic N) is 2. The van der Waals surface area contributed by atoms with Crippen LogP contribution in [0.1, 0.15) is 41.0 Å². The molecule has 150 valence electrons. The fourth-order valence-corrected chi connectivity index (χ4v) is 2.73. The summed E-state index contributed by atoms with van der Waals surface area (Å²) in [6, 6.07) is -0.381. The van der Waals surface area contributed by atoms with Gasteiger partial charge in [0.15, 0.2) is 0 Å². The zero-order valence-electron chi connectivity index (χ0n) is 16.7. The molecule has 0 aliphatic carbocycles. The van der Waals surface area contributed by atoms with Gasteiger partial charge in [0, 0.05) is 26.1 Å². The summed E-state index contributed by atoms with van der Waals surface area (Å²) in [4.78, 5) is 39.9. The molecule has 0 aromatic rings. The third-order valence-electron chi connectivity index (χ3n) is 4.10. The first-order valence-electron chi connectivity index (χ1n) is 9.02. The smallest absolute Gasteiger partial charge is 0.410 e. The Balaban J connectivity index is 2.73. The van der Waals surface area contributed by atoms with Crippen LogP contribution in [0.3, 0.4) is 0 Å². The van der Waals surface area contributed by atoms with Crippen molar-refractivity contribution in [3.05, 3.63) is 0 Å². The van der Waals surface area contributed by atoms with Gasteiger partial charge in [0.25, 0.3) is 0 Å². The Kier molecular flexibility index (Phi) is 8.33. The van der Waals surface area contributed by atoms with Crippen LogP contribution in [0.2, 0.25) is 0 Å². The summed E-state index contributed by atoms with van der Waals surface area (Å²) in [6.07, 6.45) is -0.314. The van der Waals surface area contributed by atoms with Gasteiger partial charge in [0.05, 0.1) is 32.3 Å². The van der Waals surface area contributed by atoms with Crippen molar-refractivity contribution in [1.29, 1.82) is 0 Å². The van der Waals surface area contributed by atoms with Crippen molar-refractivity contribution in [3.63, 3.8) is 0 Å². The van der Waals surface area contributed by atoms with E-state index in [0.29, 0.717) is 19.7 Å². The van der Waals surface area contributed by atoms with Crippen LogP contribution in [0.4, 0.5) is 4.79 Å². The molecule has 1 fully saturated rings. The van der Waals surface area contributed by atoms with E-state index < -0.39 is 17.6 Å². The molecule has 2 atom stereocenters. The molecule has 1 heterocycles. The van der Waals surface area contributed by atoms with Crippen LogP contribution in [0.25, 0.3) is 0 Å². The molecule has 1 saturated heterocycles. The highest BCUT2D eigenvalue weighted by molar-refractivity contribution is 5.79. The van der Waals surface area contributed by atoms with Crippen molar-refractivity contribution in [3.8, 4) is 0 Å². The van der Waals surface area contributed by atoms with Gasteiger partial charge in [-0.05, 0) is 27.7 Å². The number of rotatable bonds is 6. The summed E-state index contributed by atoms with van der Waals surface area (Å²) in [5, 5.41) is 0. The largest absolute Gasteiger partial charge is 0.469 e. The van der Waals surface area contributed by atoms with E-state index in [1.807, 2.05) is 6.92 Å². The number of amides is 2. The quantitative estimate of drug-likeness (QED) is 0.660. The fraction of sp³-hybridized carbons (Fsp3) is 0.833. The Morgan fingerprint density at radius 2 is 1.96 bits per heavy atom. The Morgan fingerprint density at radius 1 is 1.31 bits per heavy atom. The average molecular weight is 372 g/mol. The van der Waals surface area contributed by atoms with Gasteiger partial charge in [0.2, 0.25) is 5.91 Å². The summed E-state index contributed by atoms with van der Waals surface area (Å²) in [5.74, 6) is -0.895. The maximum Gasteiger partial charge on any atom is 0.410 e. The first-order valence-corrected chi connectivity index (χ1v) is 9.02. The van der Waals surface area contributed by atoms with E-state index in [1.54, 1.807) is 37.5 Å². The van der Waals surface area contributed by atoms with Crippen LogP contribution in [0.5, 0.6) is 0 Å². The van der Waals surface area contributed by atoms with E-state index in [1.165, 1.54) is 7.11 Å². The number of carbonyl (C=O) groups is 3. The first-order chi connectivity index (χ1) is 12.1. The van der Waals surface area contributed by atoms with Crippen molar-refractivity contribution < 1.29 is 28.6 Å². The summed E-state index contributed by atoms with van der Waals surface area (Å²) in [7, 11) is 1.33. The molecule has 1 aliphatic rings. The molecule has 8 nitrogen and oxygen atoms in total. The van der Waals surface area contributed by atoms with Crippen molar-refractivity contribution in [1.82, 2.24) is 9.80 Å². The molecular weight excluding hydrogens is 340 g/mol. The third kappa shape index (κ3) is 6.82. The molecule has 26 heavy (non-hydrogen) atoms. The van der Waals surface area contributed by atoms with Crippen molar-refractivity contribution >= 4 is 18.0 Å². The molecule has 2 unspecified atom stereocenters. The fourth-order valence-electron chi connectivity index (χ4n) is 2.73. The van der Waals surface area contributed by atoms with E-state index in [-0.39, 0.29) is 37.5 Å². The van der Waals surface area contributed by atoms with Crippen molar-refractivity contribution in [2.45, 2.75) is 52.7 Å². The number of hydrogen-bond donors (Lipinski definition) is 0. The third-order valence-corrected chi connectivity index (χ3v) is 4.10. The molecule has 0 radical (unpaired) electrons. The van der Waals surface area contributed by atoms with Gasteiger partial charge in [-0.2, -0.15) is 0 Å². The second-order valence-corrected chi connectivity index (χ2v) is 7.46. The van der Waals surface area contributed by atoms with Gasteiger partial charge in [0.1, 0.15) is 5.60 Å². The maximum absolute atomic E-state index is 12.7. The normalized spacial score (nSPS) is 18.8. The highest BCUT2D eigenvalue weighted by atomic mass is 16.6. The number of morpholine rings is 1. The molecule has 2 amide bonds. The molecule has 8 heteroatoms. The summed E-state index contributed by atoms with van der Waals surface area (Å²) < 4.78 is 15.6. The van der Waals surface area contributed by atoms with E-state index >= 15 is 0 Å². The number of methoxy groups -OCH3 is 1. The van der Waals surface area contributed by atoms with Crippen LogP contribution in [0.15, 0.2) is 0 Å². The second-order valence-electron chi connectivity index (χ2n) is 7.46. The van der Waals surface area contributed by atoms with Gasteiger partial charge in [-0.15, -0.1) is 0 Å². The lowest BCUT2D eigenvalue weighted by Crippen LogP contribution is -2.52. The summed E-state index contributed by atoms with van der Waals surface area (Å²) in [5.41, 5.74) is -0.602. The van der Waals surface area contributed by atoms with Gasteiger partial charge < -0.3 is 24.0 Å². The van der Waals surface area contributed by atoms with Gasteiger partial charge in [-0.25, -0.2) is 4.79 Å². The van der Waals surface area contributed by atoms with E-state index in [2.05, 4.69) is 0 Å². The Bertz CT molecular complexity index is 502. The lowest BCUT2D eigenvalue weighted by molar-refractivity contribution is -0.146. The molecule has 0 bridgehead atoms. The first kappa shape index (κ1) is 22.2. The van der Waals surface area contributed by atoms with Crippen molar-refractivity contribution in [2.75, 3.05) is 40.0 Å². The van der Waals surface area contributed by atoms with Crippen molar-refractivity contribution in [2.24, 2.45) is 5.92 Å². The maximum atomic E-state index is 12.7. The van der Waals surface area contributed by atoms with Gasteiger partial charge in [-0.3, -0.25) is 9.59 Å². The lowest BCUT2D eigenvalue weighted by atomic mass is 10.1. The molecule has 0 saturated carbocycles. The minimum Gasteiger partial charge on any atom is -0.469 e. The molecule has 1 rings (SSSR count). The van der Waals surface area contributed by atoms with E-state index in [0.717, 1.165) is 0 Å². The summed E-state index contributed by atoms with van der Waals surface area (Å²) in [6.45, 7) is 10.8. The van der Waals surface area contributed by atoms with E-state index in [4.69, 9.17) is 14.2 Å². The summed E-state index contributed by atoms with van der Waals surface area (Å²) >= 11 is 0. The second kappa shape index (κ2) is 9.75. The van der Waals surface area contributed by atoms with Crippen LogP contribution < -0.4 is 0 Å². The molecule has 0 spiro atoms. The Morgan fingerprint density at radius 3 is 2.50 bits per heavy atom. The Labute approximate surface area is 155 Å². The predicted molar refractivity (Wildman–Crippen MR) is 95.6 cm³/mol. The minimum absolute atomic E-state index is 0.126. The monoisotopic (exact) mass is 372 g/mol. The topological polar surface area (TPSA) is 85.4 Å². The number of carbonyl (C=O) groups excluding carboxylic acids is 3. The standard InChI is InChI=1S/C18H32N2O6/c1-7-19(11-13(2)16(22)24-6)15(21)10-14-12-25-9-8-20(14)17(23)26-18(3,4)5/h13-14H,7-12H2,1-6H3. The van der Waals surface area contributed by atoms with Gasteiger partial charge >= 0.3 is 12.1 Å². The van der Waals surface area contributed by atoms with E-state index in [9.17, 15) is 14.4 Å². The molecule has 0 aromatic heterocycles. The molecular formula is C18H32N2O6. The number of hydrogen-bond acceptors (Lipinski definition) is 6. The highest BCUT2D eigenvalue weighted by Crippen LogP contribution is 2.18. The zero-order valence-corrected chi connectivity index (χ0v) is 16.7. The average Bonchev–Trinajstić information content (AvgIpc) is 2.57. The van der Waals surface area contributed by atoms with Crippen LogP contribution >= 0.6 is 0 Å². The highest BCUT2D eigenvalue weighted by Gasteiger charge is 2.33. The van der Waals surface area contributed by atoms with Gasteiger partial charge in [-0.1, -0.05) is 6.92 Å². The number of esters is 1. The molecule has 0 N–H and O–H groups in total. The number of ether oxygens (including phenoxy) is 3. The zero-order chi connectivity index (χ0) is 19.9. The SMILES string of the molecule is CCN(CC(C)C(=O)OC)C(=O)CC1COCCN1C(=O)OC(C)(C)C. The lowest BCUT2D eigenvalue weighted by Gasteiger charge is -2.37. The Hall–Kier alpha value is -1.83. The molecule has 1 aliphatic heterocycles. The molecule has 0 aromatic carbocycles. The minimum atomic E-state index is -0.602. The van der Waals surface area contributed by atoms with Crippen LogP contribution in [-0.2, 0) is 23.8 Å². The van der Waals surface area contributed by atoms with Crippen LogP contribution in [0, 0.1) is 5.92 Å². The van der Waals surface area contributed by atoms with Crippen LogP contribution in [-0.4, -0.2) is 79.4 Å². The predicted octanol–water partition coefficient (Wildman–Crippen LogP) is 1.67.